The van der Waals surface area contributed by atoms with Crippen molar-refractivity contribution < 1.29 is 58.2 Å². The van der Waals surface area contributed by atoms with Crippen molar-refractivity contribution in [1.82, 2.24) is 56.0 Å². The van der Waals surface area contributed by atoms with E-state index in [1.807, 2.05) is 64.3 Å². The molecule has 0 fully saturated rings. The van der Waals surface area contributed by atoms with Crippen LogP contribution in [0.3, 0.4) is 0 Å². The van der Waals surface area contributed by atoms with Crippen LogP contribution in [0.2, 0.25) is 0 Å². The molecular formula is C47H85N11O12S. The van der Waals surface area contributed by atoms with E-state index in [4.69, 9.17) is 0 Å². The number of nitrogens with one attached hydrogen (secondary N) is 5. The van der Waals surface area contributed by atoms with E-state index in [0.717, 1.165) is 35.7 Å². The van der Waals surface area contributed by atoms with E-state index in [-0.39, 0.29) is 30.7 Å². The monoisotopic (exact) mass is 1030 g/mol. The normalized spacial score (nSPS) is 14.6. The lowest BCUT2D eigenvalue weighted by Crippen LogP contribution is -2.59. The summed E-state index contributed by atoms with van der Waals surface area (Å²) in [6.45, 7) is 20.3. The van der Waals surface area contributed by atoms with Crippen molar-refractivity contribution in [1.29, 1.82) is 0 Å². The summed E-state index contributed by atoms with van der Waals surface area (Å²) in [6.07, 6.45) is 3.05. The van der Waals surface area contributed by atoms with E-state index in [1.165, 1.54) is 53.9 Å². The van der Waals surface area contributed by atoms with Crippen LogP contribution in [0.25, 0.3) is 0 Å². The van der Waals surface area contributed by atoms with Crippen molar-refractivity contribution in [2.75, 3.05) is 61.1 Å². The van der Waals surface area contributed by atoms with Gasteiger partial charge in [-0.3, -0.25) is 44.3 Å². The zero-order valence-electron chi connectivity index (χ0n) is 45.1. The Bertz CT molecular complexity index is 1860. The van der Waals surface area contributed by atoms with Gasteiger partial charge in [-0.25, -0.2) is 24.1 Å². The fourth-order valence-corrected chi connectivity index (χ4v) is 8.32. The molecule has 0 rings (SSSR count). The molecule has 0 aliphatic heterocycles. The number of aliphatic hydroxyl groups excluding tert-OH is 1. The third kappa shape index (κ3) is 21.9. The summed E-state index contributed by atoms with van der Waals surface area (Å²) in [7, 11) is 7.51. The molecule has 0 heterocycles. The maximum atomic E-state index is 14.6. The summed E-state index contributed by atoms with van der Waals surface area (Å²) in [5.74, 6) is -4.28. The van der Waals surface area contributed by atoms with Crippen LogP contribution in [-0.4, -0.2) is 208 Å². The second-order valence-electron chi connectivity index (χ2n) is 19.0. The lowest BCUT2D eigenvalue weighted by Gasteiger charge is -2.37. The Balaban J connectivity index is 6.36. The SMILES string of the molecule is C/C=C/C[C@@H](C)[C@@H](O)CC(=O)N[C@@H](CC)C(=O)N(C)[C@H](SCCN(CC)C(C)C)C(=O)N(C)[C@@H](CC(C)(C)O)C(=O)NC(=O)N(C)C(=O)NC(=O)N[C@@H](C)C(=O)N(C)C(=O)N(C)[C@@H](CC(C)C)C(=O)NC. The average molecular weight is 1030 g/mol. The molecule has 0 aliphatic rings. The highest BCUT2D eigenvalue weighted by Gasteiger charge is 2.40. The zero-order chi connectivity index (χ0) is 55.2. The van der Waals surface area contributed by atoms with Gasteiger partial charge in [0, 0.05) is 67.0 Å². The molecule has 0 aromatic heterocycles. The van der Waals surface area contributed by atoms with Gasteiger partial charge in [0.2, 0.25) is 17.7 Å². The second-order valence-corrected chi connectivity index (χ2v) is 20.2. The summed E-state index contributed by atoms with van der Waals surface area (Å²) in [5, 5.41) is 31.5. The molecule has 0 aromatic carbocycles. The van der Waals surface area contributed by atoms with Gasteiger partial charge in [0.05, 0.1) is 18.1 Å². The van der Waals surface area contributed by atoms with Gasteiger partial charge in [-0.1, -0.05) is 46.8 Å². The first-order chi connectivity index (χ1) is 32.8. The highest BCUT2D eigenvalue weighted by Crippen LogP contribution is 2.24. The van der Waals surface area contributed by atoms with Crippen LogP contribution in [-0.2, 0) is 28.8 Å². The molecule has 7 atom stereocenters. The van der Waals surface area contributed by atoms with Gasteiger partial charge in [-0.15, -0.1) is 11.8 Å². The predicted octanol–water partition coefficient (Wildman–Crippen LogP) is 2.12. The number of imide groups is 4. The third-order valence-corrected chi connectivity index (χ3v) is 13.0. The van der Waals surface area contributed by atoms with Gasteiger partial charge in [0.25, 0.3) is 17.7 Å². The molecule has 0 saturated carbocycles. The highest BCUT2D eigenvalue weighted by molar-refractivity contribution is 8.00. The number of amides is 14. The first kappa shape index (κ1) is 65.7. The maximum absolute atomic E-state index is 14.6. The fourth-order valence-electron chi connectivity index (χ4n) is 7.12. The lowest BCUT2D eigenvalue weighted by atomic mass is 9.97. The van der Waals surface area contributed by atoms with Crippen LogP contribution in [0.1, 0.15) is 108 Å². The average Bonchev–Trinajstić information content (AvgIpc) is 3.30. The Hall–Kier alpha value is -5.33. The number of hydrogen-bond donors (Lipinski definition) is 7. The molecule has 0 bridgehead atoms. The summed E-state index contributed by atoms with van der Waals surface area (Å²) in [4.78, 5) is 140. The van der Waals surface area contributed by atoms with Crippen LogP contribution in [0.5, 0.6) is 0 Å². The number of carbonyl (C=O) groups excluding carboxylic acids is 10. The van der Waals surface area contributed by atoms with Crippen molar-refractivity contribution in [3.63, 3.8) is 0 Å². The Morgan fingerprint density at radius 3 is 1.80 bits per heavy atom. The van der Waals surface area contributed by atoms with Crippen LogP contribution >= 0.6 is 11.8 Å². The molecule has 0 unspecified atom stereocenters. The summed E-state index contributed by atoms with van der Waals surface area (Å²) in [5.41, 5.74) is -1.61. The predicted molar refractivity (Wildman–Crippen MR) is 271 cm³/mol. The highest BCUT2D eigenvalue weighted by atomic mass is 32.2. The molecule has 0 aliphatic carbocycles. The van der Waals surface area contributed by atoms with Gasteiger partial charge >= 0.3 is 24.1 Å². The molecule has 24 heteroatoms. The van der Waals surface area contributed by atoms with E-state index >= 15 is 0 Å². The van der Waals surface area contributed by atoms with E-state index in [9.17, 15) is 58.2 Å². The number of thioether (sulfide) groups is 1. The first-order valence-corrected chi connectivity index (χ1v) is 25.0. The molecular weight excluding hydrogens is 943 g/mol. The molecule has 71 heavy (non-hydrogen) atoms. The number of urea groups is 4. The number of allylic oxidation sites excluding steroid dienone is 2. The Morgan fingerprint density at radius 2 is 1.31 bits per heavy atom. The Morgan fingerprint density at radius 1 is 0.732 bits per heavy atom. The van der Waals surface area contributed by atoms with Gasteiger partial charge in [0.15, 0.2) is 5.37 Å². The number of aliphatic hydroxyl groups is 2. The molecule has 0 saturated heterocycles. The summed E-state index contributed by atoms with van der Waals surface area (Å²) in [6, 6.07) is -9.57. The molecule has 0 radical (unpaired) electrons. The minimum absolute atomic E-state index is 0.0242. The van der Waals surface area contributed by atoms with Gasteiger partial charge < -0.3 is 45.8 Å². The van der Waals surface area contributed by atoms with Crippen molar-refractivity contribution >= 4 is 71.3 Å². The minimum Gasteiger partial charge on any atom is -0.392 e. The van der Waals surface area contributed by atoms with Crippen molar-refractivity contribution in [2.45, 2.75) is 156 Å². The Labute approximate surface area is 424 Å². The topological polar surface area (TPSA) is 291 Å². The van der Waals surface area contributed by atoms with Gasteiger partial charge in [-0.05, 0) is 79.2 Å². The lowest BCUT2D eigenvalue weighted by molar-refractivity contribution is -0.146. The van der Waals surface area contributed by atoms with E-state index in [1.54, 1.807) is 13.8 Å². The van der Waals surface area contributed by atoms with E-state index in [2.05, 4.69) is 20.9 Å². The van der Waals surface area contributed by atoms with E-state index < -0.39 is 107 Å². The van der Waals surface area contributed by atoms with E-state index in [0.29, 0.717) is 41.5 Å². The third-order valence-electron chi connectivity index (χ3n) is 11.8. The van der Waals surface area contributed by atoms with Crippen molar-refractivity contribution in [3.05, 3.63) is 12.2 Å². The minimum atomic E-state index is -1.61. The smallest absolute Gasteiger partial charge is 0.333 e. The second kappa shape index (κ2) is 31.2. The molecule has 23 nitrogen and oxygen atoms in total. The molecule has 0 aromatic rings. The number of carbonyl (C=O) groups is 10. The standard InChI is InChI=1S/C47H85N11O12S/c1-18-21-22-30(8)35(59)26-36(60)50-32(19-2)40(64)55(15)42(71-24-23-58(20-3)29(6)7)41(65)53(13)34(27-47(10,11)70)38(62)51-44(67)57(17)45(68)52-43(66)49-31(9)39(63)56(16)46(69)54(14)33(25-28(4)5)37(61)48-12/h18,21,28-35,42,59,70H,19-20,22-27H2,1-17H3,(H,48,61)(H,50,60)(H,51,62,67)(H2,49,52,66,68)/b21-18+/t30-,31+,32+,33+,34+,35+,42-/m1/s1. The molecule has 14 amide bonds. The number of likely N-dealkylation sites (N-methyl/N-ethyl adjacent to an activating group) is 5. The maximum Gasteiger partial charge on any atom is 0.333 e. The van der Waals surface area contributed by atoms with Gasteiger partial charge in [0.1, 0.15) is 24.2 Å². The van der Waals surface area contributed by atoms with Gasteiger partial charge in [-0.2, -0.15) is 0 Å². The number of rotatable bonds is 26. The van der Waals surface area contributed by atoms with Crippen LogP contribution in [0, 0.1) is 11.8 Å². The fraction of sp³-hybridized carbons (Fsp3) is 0.745. The molecule has 7 N–H and O–H groups in total. The van der Waals surface area contributed by atoms with Crippen molar-refractivity contribution in [2.24, 2.45) is 11.8 Å². The molecule has 0 spiro atoms. The zero-order valence-corrected chi connectivity index (χ0v) is 45.9. The summed E-state index contributed by atoms with van der Waals surface area (Å²) >= 11 is 1.11. The van der Waals surface area contributed by atoms with Crippen LogP contribution in [0.4, 0.5) is 19.2 Å². The number of nitrogens with zero attached hydrogens (tertiary/aromatic N) is 6. The Kier molecular flexibility index (Phi) is 28.9. The first-order valence-electron chi connectivity index (χ1n) is 24.0. The van der Waals surface area contributed by atoms with Crippen LogP contribution in [0.15, 0.2) is 12.2 Å². The largest absolute Gasteiger partial charge is 0.392 e. The van der Waals surface area contributed by atoms with Crippen LogP contribution < -0.4 is 26.6 Å². The quantitative estimate of drug-likeness (QED) is 0.0483. The number of hydrogen-bond acceptors (Lipinski definition) is 14. The molecule has 406 valence electrons. The van der Waals surface area contributed by atoms with Crippen molar-refractivity contribution in [3.8, 4) is 0 Å². The summed E-state index contributed by atoms with van der Waals surface area (Å²) < 4.78 is 0.